The molecule has 0 aliphatic carbocycles. The lowest BCUT2D eigenvalue weighted by Gasteiger charge is -2.02. The summed E-state index contributed by atoms with van der Waals surface area (Å²) in [4.78, 5) is 8.48. The van der Waals surface area contributed by atoms with Crippen molar-refractivity contribution in [1.29, 1.82) is 0 Å². The van der Waals surface area contributed by atoms with E-state index in [-0.39, 0.29) is 5.82 Å². The largest absolute Gasteiger partial charge is 0.277 e. The molecule has 3 rings (SSSR count). The average molecular weight is 310 g/mol. The first-order chi connectivity index (χ1) is 11.1. The van der Waals surface area contributed by atoms with E-state index in [1.54, 1.807) is 24.5 Å². The average Bonchev–Trinajstić information content (AvgIpc) is 2.95. The Labute approximate surface area is 132 Å². The van der Waals surface area contributed by atoms with Gasteiger partial charge in [-0.15, -0.1) is 0 Å². The van der Waals surface area contributed by atoms with Gasteiger partial charge in [-0.1, -0.05) is 0 Å². The van der Waals surface area contributed by atoms with Crippen molar-refractivity contribution in [3.8, 4) is 11.3 Å². The summed E-state index contributed by atoms with van der Waals surface area (Å²) < 4.78 is 13.0. The van der Waals surface area contributed by atoms with E-state index in [1.807, 2.05) is 19.9 Å². The van der Waals surface area contributed by atoms with E-state index < -0.39 is 0 Å². The number of aryl methyl sites for hydroxylation is 2. The number of hydrazone groups is 1. The molecule has 0 radical (unpaired) electrons. The van der Waals surface area contributed by atoms with Crippen LogP contribution >= 0.6 is 0 Å². The van der Waals surface area contributed by atoms with Crippen molar-refractivity contribution in [2.45, 2.75) is 13.8 Å². The summed E-state index contributed by atoms with van der Waals surface area (Å²) in [6.45, 7) is 3.79. The van der Waals surface area contributed by atoms with Gasteiger partial charge in [-0.3, -0.25) is 5.10 Å². The van der Waals surface area contributed by atoms with E-state index in [1.165, 1.54) is 12.1 Å². The van der Waals surface area contributed by atoms with E-state index in [2.05, 4.69) is 30.7 Å². The highest BCUT2D eigenvalue weighted by Gasteiger charge is 2.06. The van der Waals surface area contributed by atoms with Gasteiger partial charge in [-0.25, -0.2) is 19.8 Å². The Bertz CT molecular complexity index is 818. The lowest BCUT2D eigenvalue weighted by molar-refractivity contribution is 0.628. The van der Waals surface area contributed by atoms with E-state index in [0.29, 0.717) is 5.95 Å². The number of halogens is 1. The zero-order valence-corrected chi connectivity index (χ0v) is 12.7. The van der Waals surface area contributed by atoms with E-state index in [4.69, 9.17) is 0 Å². The first-order valence-electron chi connectivity index (χ1n) is 7.02. The van der Waals surface area contributed by atoms with Gasteiger partial charge in [0.2, 0.25) is 5.95 Å². The number of aromatic amines is 1. The molecule has 3 aromatic rings. The van der Waals surface area contributed by atoms with Crippen LogP contribution < -0.4 is 5.43 Å². The molecular formula is C16H15FN6. The molecule has 0 aliphatic heterocycles. The standard InChI is InChI=1S/C16H15FN6/c1-10-7-11(2)21-16(20-10)23-19-9-13-8-18-22-15(13)12-3-5-14(17)6-4-12/h3-9H,1-2H3,(H,18,22)(H,20,21,23). The second-order valence-electron chi connectivity index (χ2n) is 5.05. The van der Waals surface area contributed by atoms with Crippen LogP contribution in [-0.2, 0) is 0 Å². The maximum Gasteiger partial charge on any atom is 0.243 e. The molecular weight excluding hydrogens is 295 g/mol. The third kappa shape index (κ3) is 3.57. The minimum atomic E-state index is -0.280. The highest BCUT2D eigenvalue weighted by molar-refractivity contribution is 5.88. The summed E-state index contributed by atoms with van der Waals surface area (Å²) in [6, 6.07) is 8.05. The van der Waals surface area contributed by atoms with Crippen molar-refractivity contribution >= 4 is 12.2 Å². The maximum absolute atomic E-state index is 13.0. The number of anilines is 1. The highest BCUT2D eigenvalue weighted by atomic mass is 19.1. The van der Waals surface area contributed by atoms with Gasteiger partial charge in [0, 0.05) is 22.5 Å². The molecule has 2 N–H and O–H groups in total. The van der Waals surface area contributed by atoms with Crippen LogP contribution in [0.25, 0.3) is 11.3 Å². The van der Waals surface area contributed by atoms with Crippen molar-refractivity contribution in [1.82, 2.24) is 20.2 Å². The molecule has 1 aromatic carbocycles. The predicted octanol–water partition coefficient (Wildman–Crippen LogP) is 3.07. The Hall–Kier alpha value is -3.09. The summed E-state index contributed by atoms with van der Waals surface area (Å²) >= 11 is 0. The number of hydrogen-bond acceptors (Lipinski definition) is 5. The Kier molecular flexibility index (Phi) is 4.09. The molecule has 0 spiro atoms. The number of nitrogens with one attached hydrogen (secondary N) is 2. The van der Waals surface area contributed by atoms with Gasteiger partial charge in [-0.05, 0) is 44.2 Å². The summed E-state index contributed by atoms with van der Waals surface area (Å²) in [5, 5.41) is 11.0. The molecule has 0 bridgehead atoms. The third-order valence-electron chi connectivity index (χ3n) is 3.15. The summed E-state index contributed by atoms with van der Waals surface area (Å²) in [5.74, 6) is 0.155. The van der Waals surface area contributed by atoms with Crippen LogP contribution in [0.2, 0.25) is 0 Å². The van der Waals surface area contributed by atoms with Crippen molar-refractivity contribution < 1.29 is 4.39 Å². The van der Waals surface area contributed by atoms with E-state index >= 15 is 0 Å². The molecule has 23 heavy (non-hydrogen) atoms. The van der Waals surface area contributed by atoms with Crippen LogP contribution in [0, 0.1) is 19.7 Å². The maximum atomic E-state index is 13.0. The Balaban J connectivity index is 1.78. The molecule has 116 valence electrons. The summed E-state index contributed by atoms with van der Waals surface area (Å²) in [5.41, 5.74) is 6.89. The molecule has 0 fully saturated rings. The molecule has 6 nitrogen and oxygen atoms in total. The van der Waals surface area contributed by atoms with Crippen LogP contribution in [0.5, 0.6) is 0 Å². The molecule has 7 heteroatoms. The quantitative estimate of drug-likeness (QED) is 0.573. The lowest BCUT2D eigenvalue weighted by atomic mass is 10.1. The van der Waals surface area contributed by atoms with Gasteiger partial charge < -0.3 is 0 Å². The monoisotopic (exact) mass is 310 g/mol. The fraction of sp³-hybridized carbons (Fsp3) is 0.125. The Morgan fingerprint density at radius 1 is 1.13 bits per heavy atom. The first kappa shape index (κ1) is 14.8. The Morgan fingerprint density at radius 2 is 1.83 bits per heavy atom. The SMILES string of the molecule is Cc1cc(C)nc(NN=Cc2cn[nH]c2-c2ccc(F)cc2)n1. The normalized spacial score (nSPS) is 11.1. The number of H-pyrrole nitrogens is 1. The zero-order valence-electron chi connectivity index (χ0n) is 12.7. The number of nitrogens with zero attached hydrogens (tertiary/aromatic N) is 4. The number of aromatic nitrogens is 4. The second kappa shape index (κ2) is 6.35. The van der Waals surface area contributed by atoms with Crippen LogP contribution in [0.3, 0.4) is 0 Å². The molecule has 2 aromatic heterocycles. The Morgan fingerprint density at radius 3 is 2.52 bits per heavy atom. The summed E-state index contributed by atoms with van der Waals surface area (Å²) in [7, 11) is 0. The molecule has 0 saturated carbocycles. The molecule has 0 unspecified atom stereocenters. The number of hydrogen-bond donors (Lipinski definition) is 2. The van der Waals surface area contributed by atoms with Gasteiger partial charge >= 0.3 is 0 Å². The van der Waals surface area contributed by atoms with Crippen LogP contribution in [0.4, 0.5) is 10.3 Å². The van der Waals surface area contributed by atoms with Gasteiger partial charge in [0.25, 0.3) is 0 Å². The predicted molar refractivity (Wildman–Crippen MR) is 86.7 cm³/mol. The minimum absolute atomic E-state index is 0.280. The smallest absolute Gasteiger partial charge is 0.243 e. The fourth-order valence-electron chi connectivity index (χ4n) is 2.18. The van der Waals surface area contributed by atoms with E-state index in [9.17, 15) is 4.39 Å². The number of rotatable bonds is 4. The zero-order chi connectivity index (χ0) is 16.2. The van der Waals surface area contributed by atoms with Gasteiger partial charge in [0.1, 0.15) is 5.82 Å². The molecule has 0 saturated heterocycles. The van der Waals surface area contributed by atoms with Gasteiger partial charge in [0.15, 0.2) is 0 Å². The third-order valence-corrected chi connectivity index (χ3v) is 3.15. The molecule has 0 aliphatic rings. The molecule has 2 heterocycles. The number of benzene rings is 1. The topological polar surface area (TPSA) is 78.9 Å². The van der Waals surface area contributed by atoms with Gasteiger partial charge in [0.05, 0.1) is 18.1 Å². The first-order valence-corrected chi connectivity index (χ1v) is 7.02. The van der Waals surface area contributed by atoms with Crippen molar-refractivity contribution in [3.05, 3.63) is 59.3 Å². The van der Waals surface area contributed by atoms with Crippen molar-refractivity contribution in [2.75, 3.05) is 5.43 Å². The van der Waals surface area contributed by atoms with Crippen LogP contribution in [-0.4, -0.2) is 26.4 Å². The second-order valence-corrected chi connectivity index (χ2v) is 5.05. The van der Waals surface area contributed by atoms with Crippen LogP contribution in [0.1, 0.15) is 17.0 Å². The molecule has 0 atom stereocenters. The fourth-order valence-corrected chi connectivity index (χ4v) is 2.18. The minimum Gasteiger partial charge on any atom is -0.277 e. The highest BCUT2D eigenvalue weighted by Crippen LogP contribution is 2.20. The summed E-state index contributed by atoms with van der Waals surface area (Å²) in [6.07, 6.45) is 3.26. The van der Waals surface area contributed by atoms with Crippen molar-refractivity contribution in [2.24, 2.45) is 5.10 Å². The van der Waals surface area contributed by atoms with Crippen molar-refractivity contribution in [3.63, 3.8) is 0 Å². The van der Waals surface area contributed by atoms with Crippen LogP contribution in [0.15, 0.2) is 41.6 Å². The molecule has 0 amide bonds. The van der Waals surface area contributed by atoms with Gasteiger partial charge in [-0.2, -0.15) is 10.2 Å². The van der Waals surface area contributed by atoms with E-state index in [0.717, 1.165) is 28.2 Å². The lowest BCUT2D eigenvalue weighted by Crippen LogP contribution is -1.99.